The summed E-state index contributed by atoms with van der Waals surface area (Å²) in [4.78, 5) is 13.3. The predicted molar refractivity (Wildman–Crippen MR) is 65.8 cm³/mol. The van der Waals surface area contributed by atoms with Gasteiger partial charge in [0.2, 0.25) is 0 Å². The number of nitrogens with two attached hydrogens (primary N) is 1. The summed E-state index contributed by atoms with van der Waals surface area (Å²) in [6.07, 6.45) is 0.458. The molecule has 1 atom stereocenters. The first kappa shape index (κ1) is 12.2. The topological polar surface area (TPSA) is 55.6 Å². The number of halogens is 1. The molecule has 17 heavy (non-hydrogen) atoms. The first-order valence-electron chi connectivity index (χ1n) is 5.59. The molecule has 0 bridgehead atoms. The van der Waals surface area contributed by atoms with Crippen molar-refractivity contribution >= 4 is 17.7 Å². The van der Waals surface area contributed by atoms with Crippen molar-refractivity contribution in [3.63, 3.8) is 0 Å². The van der Waals surface area contributed by atoms with E-state index in [-0.39, 0.29) is 12.1 Å². The standard InChI is InChI=1S/C12H15ClN2O2/c13-11-4-2-1-3-9(11)7-15-10(5-6-14)8-17-12(15)16/h1-4,10H,5-8,14H2. The van der Waals surface area contributed by atoms with Crippen molar-refractivity contribution in [1.82, 2.24) is 4.90 Å². The number of rotatable bonds is 4. The number of amides is 1. The molecule has 5 heteroatoms. The summed E-state index contributed by atoms with van der Waals surface area (Å²) in [5, 5.41) is 0.665. The molecule has 2 N–H and O–H groups in total. The Labute approximate surface area is 105 Å². The van der Waals surface area contributed by atoms with Gasteiger partial charge in [-0.2, -0.15) is 0 Å². The lowest BCUT2D eigenvalue weighted by molar-refractivity contribution is 0.156. The van der Waals surface area contributed by atoms with Gasteiger partial charge in [0.05, 0.1) is 12.6 Å². The zero-order valence-corrected chi connectivity index (χ0v) is 10.2. The number of carbonyl (C=O) groups excluding carboxylic acids is 1. The Bertz CT molecular complexity index is 411. The van der Waals surface area contributed by atoms with Crippen LogP contribution in [0.4, 0.5) is 4.79 Å². The molecular formula is C12H15ClN2O2. The number of cyclic esters (lactones) is 1. The van der Waals surface area contributed by atoms with Crippen LogP contribution in [0.3, 0.4) is 0 Å². The highest BCUT2D eigenvalue weighted by Crippen LogP contribution is 2.22. The highest BCUT2D eigenvalue weighted by molar-refractivity contribution is 6.31. The van der Waals surface area contributed by atoms with Crippen LogP contribution in [0.15, 0.2) is 24.3 Å². The Kier molecular flexibility index (Phi) is 3.86. The highest BCUT2D eigenvalue weighted by Gasteiger charge is 2.32. The van der Waals surface area contributed by atoms with Gasteiger partial charge in [0.1, 0.15) is 6.61 Å². The van der Waals surface area contributed by atoms with E-state index in [1.54, 1.807) is 4.90 Å². The largest absolute Gasteiger partial charge is 0.447 e. The smallest absolute Gasteiger partial charge is 0.410 e. The van der Waals surface area contributed by atoms with Gasteiger partial charge in [0, 0.05) is 5.02 Å². The minimum absolute atomic E-state index is 0.0590. The van der Waals surface area contributed by atoms with Crippen molar-refractivity contribution in [2.24, 2.45) is 5.73 Å². The van der Waals surface area contributed by atoms with E-state index >= 15 is 0 Å². The van der Waals surface area contributed by atoms with Crippen LogP contribution < -0.4 is 5.73 Å². The summed E-state index contributed by atoms with van der Waals surface area (Å²) in [6, 6.07) is 7.55. The second kappa shape index (κ2) is 5.38. The van der Waals surface area contributed by atoms with Gasteiger partial charge >= 0.3 is 6.09 Å². The highest BCUT2D eigenvalue weighted by atomic mass is 35.5. The Morgan fingerprint density at radius 3 is 2.94 bits per heavy atom. The second-order valence-corrected chi connectivity index (χ2v) is 4.43. The molecule has 1 heterocycles. The van der Waals surface area contributed by atoms with Gasteiger partial charge in [0.25, 0.3) is 0 Å². The third kappa shape index (κ3) is 2.70. The van der Waals surface area contributed by atoms with E-state index in [9.17, 15) is 4.79 Å². The molecule has 92 valence electrons. The second-order valence-electron chi connectivity index (χ2n) is 4.03. The summed E-state index contributed by atoms with van der Waals surface area (Å²) >= 11 is 6.07. The molecule has 0 spiro atoms. The van der Waals surface area contributed by atoms with Crippen molar-refractivity contribution in [3.05, 3.63) is 34.9 Å². The monoisotopic (exact) mass is 254 g/mol. The number of hydrogen-bond donors (Lipinski definition) is 1. The van der Waals surface area contributed by atoms with Crippen LogP contribution in [0.5, 0.6) is 0 Å². The Morgan fingerprint density at radius 1 is 1.47 bits per heavy atom. The van der Waals surface area contributed by atoms with Crippen LogP contribution >= 0.6 is 11.6 Å². The van der Waals surface area contributed by atoms with Crippen molar-refractivity contribution in [2.75, 3.05) is 13.2 Å². The molecule has 1 fully saturated rings. The van der Waals surface area contributed by atoms with E-state index in [1.165, 1.54) is 0 Å². The van der Waals surface area contributed by atoms with Gasteiger partial charge in [-0.25, -0.2) is 4.79 Å². The third-order valence-electron chi connectivity index (χ3n) is 2.87. The molecule has 1 saturated heterocycles. The minimum atomic E-state index is -0.289. The maximum absolute atomic E-state index is 11.6. The summed E-state index contributed by atoms with van der Waals surface area (Å²) in [6.45, 7) is 1.43. The van der Waals surface area contributed by atoms with Crippen molar-refractivity contribution < 1.29 is 9.53 Å². The fourth-order valence-electron chi connectivity index (χ4n) is 1.92. The van der Waals surface area contributed by atoms with Gasteiger partial charge in [-0.1, -0.05) is 29.8 Å². The maximum atomic E-state index is 11.6. The van der Waals surface area contributed by atoms with E-state index < -0.39 is 0 Å². The van der Waals surface area contributed by atoms with Crippen LogP contribution in [0.2, 0.25) is 5.02 Å². The van der Waals surface area contributed by atoms with Crippen LogP contribution in [0, 0.1) is 0 Å². The first-order valence-corrected chi connectivity index (χ1v) is 5.97. The Hall–Kier alpha value is -1.26. The van der Waals surface area contributed by atoms with Crippen molar-refractivity contribution in [2.45, 2.75) is 19.0 Å². The molecule has 0 saturated carbocycles. The van der Waals surface area contributed by atoms with E-state index in [1.807, 2.05) is 24.3 Å². The summed E-state index contributed by atoms with van der Waals surface area (Å²) in [5.74, 6) is 0. The number of nitrogens with zero attached hydrogens (tertiary/aromatic N) is 1. The zero-order chi connectivity index (χ0) is 12.3. The molecule has 0 radical (unpaired) electrons. The number of ether oxygens (including phenoxy) is 1. The molecule has 2 rings (SSSR count). The molecule has 1 aromatic carbocycles. The molecule has 1 aliphatic rings. The lowest BCUT2D eigenvalue weighted by atomic mass is 10.1. The molecule has 1 unspecified atom stereocenters. The lowest BCUT2D eigenvalue weighted by Crippen LogP contribution is -2.34. The van der Waals surface area contributed by atoms with Crippen LogP contribution in [0.25, 0.3) is 0 Å². The maximum Gasteiger partial charge on any atom is 0.410 e. The normalized spacial score (nSPS) is 19.5. The number of hydrogen-bond acceptors (Lipinski definition) is 3. The first-order chi connectivity index (χ1) is 8.22. The van der Waals surface area contributed by atoms with Gasteiger partial charge in [-0.05, 0) is 24.6 Å². The average molecular weight is 255 g/mol. The van der Waals surface area contributed by atoms with E-state index in [2.05, 4.69) is 0 Å². The lowest BCUT2D eigenvalue weighted by Gasteiger charge is -2.21. The van der Waals surface area contributed by atoms with E-state index in [4.69, 9.17) is 22.1 Å². The van der Waals surface area contributed by atoms with Crippen LogP contribution in [-0.4, -0.2) is 30.2 Å². The summed E-state index contributed by atoms with van der Waals surface area (Å²) in [5.41, 5.74) is 6.45. The SMILES string of the molecule is NCCC1COC(=O)N1Cc1ccccc1Cl. The molecular weight excluding hydrogens is 240 g/mol. The average Bonchev–Trinajstić information content (AvgIpc) is 2.65. The van der Waals surface area contributed by atoms with E-state index in [0.29, 0.717) is 24.7 Å². The third-order valence-corrected chi connectivity index (χ3v) is 3.24. The fraction of sp³-hybridized carbons (Fsp3) is 0.417. The van der Waals surface area contributed by atoms with Gasteiger partial charge in [0.15, 0.2) is 0 Å². The zero-order valence-electron chi connectivity index (χ0n) is 9.43. The Morgan fingerprint density at radius 2 is 2.24 bits per heavy atom. The Balaban J connectivity index is 2.11. The number of benzene rings is 1. The van der Waals surface area contributed by atoms with Gasteiger partial charge < -0.3 is 10.5 Å². The molecule has 0 aromatic heterocycles. The molecule has 4 nitrogen and oxygen atoms in total. The predicted octanol–water partition coefficient (Wildman–Crippen LogP) is 2.01. The van der Waals surface area contributed by atoms with Crippen molar-refractivity contribution in [1.29, 1.82) is 0 Å². The van der Waals surface area contributed by atoms with Crippen molar-refractivity contribution in [3.8, 4) is 0 Å². The molecule has 1 aromatic rings. The van der Waals surface area contributed by atoms with Gasteiger partial charge in [-0.3, -0.25) is 4.90 Å². The molecule has 1 amide bonds. The van der Waals surface area contributed by atoms with Gasteiger partial charge in [-0.15, -0.1) is 0 Å². The van der Waals surface area contributed by atoms with E-state index in [0.717, 1.165) is 12.0 Å². The van der Waals surface area contributed by atoms with Crippen LogP contribution in [-0.2, 0) is 11.3 Å². The summed E-state index contributed by atoms with van der Waals surface area (Å²) < 4.78 is 5.03. The molecule has 1 aliphatic heterocycles. The quantitative estimate of drug-likeness (QED) is 0.894. The number of carbonyl (C=O) groups is 1. The molecule has 0 aliphatic carbocycles. The fourth-order valence-corrected chi connectivity index (χ4v) is 2.12. The summed E-state index contributed by atoms with van der Waals surface area (Å²) in [7, 11) is 0. The van der Waals surface area contributed by atoms with Crippen LogP contribution in [0.1, 0.15) is 12.0 Å². The minimum Gasteiger partial charge on any atom is -0.447 e.